The van der Waals surface area contributed by atoms with Crippen LogP contribution < -0.4 is 10.6 Å². The molecule has 0 saturated carbocycles. The molecule has 0 spiro atoms. The molecule has 0 aliphatic rings. The monoisotopic (exact) mass is 225 g/mol. The predicted molar refractivity (Wildman–Crippen MR) is 62.1 cm³/mol. The minimum atomic E-state index is 0.335. The van der Waals surface area contributed by atoms with Gasteiger partial charge in [-0.05, 0) is 27.7 Å². The van der Waals surface area contributed by atoms with Crippen molar-refractivity contribution in [2.45, 2.75) is 40.3 Å². The van der Waals surface area contributed by atoms with Crippen molar-refractivity contribution in [3.05, 3.63) is 11.7 Å². The number of guanidine groups is 1. The van der Waals surface area contributed by atoms with E-state index < -0.39 is 0 Å². The van der Waals surface area contributed by atoms with Gasteiger partial charge in [0.2, 0.25) is 5.89 Å². The quantitative estimate of drug-likeness (QED) is 0.586. The van der Waals surface area contributed by atoms with Crippen molar-refractivity contribution in [1.29, 1.82) is 0 Å². The molecule has 90 valence electrons. The van der Waals surface area contributed by atoms with E-state index in [0.717, 1.165) is 12.5 Å². The van der Waals surface area contributed by atoms with E-state index in [4.69, 9.17) is 4.52 Å². The first-order chi connectivity index (χ1) is 7.61. The van der Waals surface area contributed by atoms with Gasteiger partial charge >= 0.3 is 0 Å². The van der Waals surface area contributed by atoms with E-state index in [0.29, 0.717) is 24.3 Å². The second kappa shape index (κ2) is 6.09. The molecule has 1 rings (SSSR count). The van der Waals surface area contributed by atoms with Crippen LogP contribution in [0.1, 0.15) is 32.5 Å². The summed E-state index contributed by atoms with van der Waals surface area (Å²) in [6, 6.07) is 0.335. The van der Waals surface area contributed by atoms with Gasteiger partial charge in [-0.3, -0.25) is 0 Å². The minimum absolute atomic E-state index is 0.335. The predicted octanol–water partition coefficient (Wildman–Crippen LogP) is 0.842. The molecule has 0 aliphatic carbocycles. The molecule has 0 bridgehead atoms. The van der Waals surface area contributed by atoms with Crippen molar-refractivity contribution in [1.82, 2.24) is 20.8 Å². The number of aryl methyl sites for hydroxylation is 1. The van der Waals surface area contributed by atoms with Gasteiger partial charge in [0.25, 0.3) is 0 Å². The van der Waals surface area contributed by atoms with Gasteiger partial charge in [-0.2, -0.15) is 4.98 Å². The molecule has 0 radical (unpaired) electrons. The molecule has 6 heteroatoms. The van der Waals surface area contributed by atoms with Gasteiger partial charge in [-0.1, -0.05) is 5.16 Å². The molecule has 16 heavy (non-hydrogen) atoms. The number of hydrogen-bond acceptors (Lipinski definition) is 4. The van der Waals surface area contributed by atoms with Crippen LogP contribution in [0.3, 0.4) is 0 Å². The van der Waals surface area contributed by atoms with E-state index in [2.05, 4.69) is 39.6 Å². The lowest BCUT2D eigenvalue weighted by molar-refractivity contribution is 0.376. The van der Waals surface area contributed by atoms with Crippen molar-refractivity contribution in [2.24, 2.45) is 4.99 Å². The van der Waals surface area contributed by atoms with Crippen LogP contribution in [-0.2, 0) is 6.54 Å². The minimum Gasteiger partial charge on any atom is -0.357 e. The summed E-state index contributed by atoms with van der Waals surface area (Å²) in [4.78, 5) is 8.42. The molecule has 0 atom stereocenters. The molecule has 1 aromatic rings. The van der Waals surface area contributed by atoms with Gasteiger partial charge in [0.15, 0.2) is 11.8 Å². The van der Waals surface area contributed by atoms with E-state index in [1.165, 1.54) is 0 Å². The van der Waals surface area contributed by atoms with Crippen LogP contribution in [0.25, 0.3) is 0 Å². The van der Waals surface area contributed by atoms with Crippen LogP contribution in [0.4, 0.5) is 0 Å². The van der Waals surface area contributed by atoms with Gasteiger partial charge in [0, 0.05) is 12.6 Å². The van der Waals surface area contributed by atoms with Gasteiger partial charge < -0.3 is 15.2 Å². The Kier molecular flexibility index (Phi) is 4.75. The Morgan fingerprint density at radius 2 is 2.25 bits per heavy atom. The van der Waals surface area contributed by atoms with Crippen LogP contribution in [-0.4, -0.2) is 28.7 Å². The lowest BCUT2D eigenvalue weighted by atomic mass is 10.4. The fourth-order valence-corrected chi connectivity index (χ4v) is 1.14. The van der Waals surface area contributed by atoms with Crippen LogP contribution in [0, 0.1) is 6.92 Å². The maximum Gasteiger partial charge on any atom is 0.248 e. The van der Waals surface area contributed by atoms with Crippen molar-refractivity contribution in [2.75, 3.05) is 6.54 Å². The van der Waals surface area contributed by atoms with E-state index in [1.807, 2.05) is 6.92 Å². The number of aliphatic imine (C=N–C) groups is 1. The lowest BCUT2D eigenvalue weighted by Crippen LogP contribution is -2.41. The van der Waals surface area contributed by atoms with E-state index >= 15 is 0 Å². The van der Waals surface area contributed by atoms with E-state index in [-0.39, 0.29) is 0 Å². The largest absolute Gasteiger partial charge is 0.357 e. The molecule has 6 nitrogen and oxygen atoms in total. The standard InChI is InChI=1S/C10H19N5O/c1-5-11-10(13-7(2)3)12-6-9-14-8(4)15-16-9/h7H,5-6H2,1-4H3,(H2,11,12,13). The SMILES string of the molecule is CCNC(=NCc1nc(C)no1)NC(C)C. The molecule has 1 heterocycles. The Hall–Kier alpha value is -1.59. The molecule has 0 saturated heterocycles. The normalized spacial score (nSPS) is 11.9. The Bertz CT molecular complexity index is 345. The van der Waals surface area contributed by atoms with E-state index in [9.17, 15) is 0 Å². The third kappa shape index (κ3) is 4.29. The summed E-state index contributed by atoms with van der Waals surface area (Å²) in [6.45, 7) is 9.14. The first-order valence-electron chi connectivity index (χ1n) is 5.45. The molecular formula is C10H19N5O. The van der Waals surface area contributed by atoms with Gasteiger partial charge in [-0.15, -0.1) is 0 Å². The van der Waals surface area contributed by atoms with Crippen LogP contribution >= 0.6 is 0 Å². The van der Waals surface area contributed by atoms with Crippen LogP contribution in [0.2, 0.25) is 0 Å². The highest BCUT2D eigenvalue weighted by molar-refractivity contribution is 5.79. The number of nitrogens with zero attached hydrogens (tertiary/aromatic N) is 3. The molecule has 0 aliphatic heterocycles. The van der Waals surface area contributed by atoms with Crippen molar-refractivity contribution < 1.29 is 4.52 Å². The summed E-state index contributed by atoms with van der Waals surface area (Å²) in [5, 5.41) is 10.1. The summed E-state index contributed by atoms with van der Waals surface area (Å²) in [5.41, 5.74) is 0. The highest BCUT2D eigenvalue weighted by Gasteiger charge is 2.03. The average Bonchev–Trinajstić information content (AvgIpc) is 2.60. The Morgan fingerprint density at radius 3 is 2.75 bits per heavy atom. The number of rotatable bonds is 4. The number of nitrogens with one attached hydrogen (secondary N) is 2. The fraction of sp³-hybridized carbons (Fsp3) is 0.700. The first-order valence-corrected chi connectivity index (χ1v) is 5.45. The summed E-state index contributed by atoms with van der Waals surface area (Å²) >= 11 is 0. The topological polar surface area (TPSA) is 75.3 Å². The Labute approximate surface area is 95.5 Å². The zero-order valence-electron chi connectivity index (χ0n) is 10.2. The lowest BCUT2D eigenvalue weighted by Gasteiger charge is -2.13. The number of hydrogen-bond donors (Lipinski definition) is 2. The van der Waals surface area contributed by atoms with Crippen LogP contribution in [0.5, 0.6) is 0 Å². The summed E-state index contributed by atoms with van der Waals surface area (Å²) in [5.74, 6) is 1.92. The first kappa shape index (κ1) is 12.5. The summed E-state index contributed by atoms with van der Waals surface area (Å²) < 4.78 is 4.97. The van der Waals surface area contributed by atoms with Gasteiger partial charge in [-0.25, -0.2) is 4.99 Å². The van der Waals surface area contributed by atoms with Crippen molar-refractivity contribution >= 4 is 5.96 Å². The molecule has 1 aromatic heterocycles. The Morgan fingerprint density at radius 1 is 1.50 bits per heavy atom. The van der Waals surface area contributed by atoms with E-state index in [1.54, 1.807) is 6.92 Å². The molecule has 2 N–H and O–H groups in total. The Balaban J connectivity index is 2.56. The molecule has 0 aromatic carbocycles. The molecule has 0 amide bonds. The summed E-state index contributed by atoms with van der Waals surface area (Å²) in [6.07, 6.45) is 0. The summed E-state index contributed by atoms with van der Waals surface area (Å²) in [7, 11) is 0. The number of aromatic nitrogens is 2. The third-order valence-corrected chi connectivity index (χ3v) is 1.71. The highest BCUT2D eigenvalue weighted by Crippen LogP contribution is 1.97. The second-order valence-electron chi connectivity index (χ2n) is 3.73. The second-order valence-corrected chi connectivity index (χ2v) is 3.73. The molecular weight excluding hydrogens is 206 g/mol. The zero-order valence-corrected chi connectivity index (χ0v) is 10.2. The van der Waals surface area contributed by atoms with Gasteiger partial charge in [0.05, 0.1) is 0 Å². The smallest absolute Gasteiger partial charge is 0.248 e. The highest BCUT2D eigenvalue weighted by atomic mass is 16.5. The van der Waals surface area contributed by atoms with Crippen molar-refractivity contribution in [3.63, 3.8) is 0 Å². The maximum atomic E-state index is 4.97. The molecule has 0 fully saturated rings. The zero-order chi connectivity index (χ0) is 12.0. The molecule has 0 unspecified atom stereocenters. The third-order valence-electron chi connectivity index (χ3n) is 1.71. The maximum absolute atomic E-state index is 4.97. The average molecular weight is 225 g/mol. The van der Waals surface area contributed by atoms with Crippen LogP contribution in [0.15, 0.2) is 9.52 Å². The van der Waals surface area contributed by atoms with Crippen molar-refractivity contribution in [3.8, 4) is 0 Å². The fourth-order valence-electron chi connectivity index (χ4n) is 1.14. The van der Waals surface area contributed by atoms with Gasteiger partial charge in [0.1, 0.15) is 6.54 Å².